The maximum absolute atomic E-state index is 14.1. The number of imidazole rings is 1. The summed E-state index contributed by atoms with van der Waals surface area (Å²) in [6.45, 7) is -1.32. The van der Waals surface area contributed by atoms with Crippen LogP contribution in [-0.4, -0.2) is 60.9 Å². The first-order chi connectivity index (χ1) is 16.6. The molecule has 4 rings (SSSR count). The Balaban J connectivity index is 0.00000361. The van der Waals surface area contributed by atoms with Crippen LogP contribution in [0.15, 0.2) is 59.5 Å². The van der Waals surface area contributed by atoms with Crippen LogP contribution in [0, 0.1) is 0 Å². The fourth-order valence-electron chi connectivity index (χ4n) is 3.98. The third-order valence-corrected chi connectivity index (χ3v) is 7.57. The number of hydrogen-bond acceptors (Lipinski definition) is 6. The second-order valence-corrected chi connectivity index (χ2v) is 10.1. The van der Waals surface area contributed by atoms with E-state index in [9.17, 15) is 26.4 Å². The number of alkyl halides is 2. The second kappa shape index (κ2) is 10.6. The zero-order chi connectivity index (χ0) is 25.4. The highest BCUT2D eigenvalue weighted by Crippen LogP contribution is 2.34. The molecule has 194 valence electrons. The molecule has 0 radical (unpaired) electrons. The number of nitrogens with zero attached hydrogens (tertiary/aromatic N) is 3. The van der Waals surface area contributed by atoms with Gasteiger partial charge in [-0.05, 0) is 35.9 Å². The predicted octanol–water partition coefficient (Wildman–Crippen LogP) is 3.75. The van der Waals surface area contributed by atoms with Gasteiger partial charge in [0.05, 0.1) is 48.0 Å². The number of ether oxygens (including phenoxy) is 1. The number of carbonyl (C=O) groups is 1. The summed E-state index contributed by atoms with van der Waals surface area (Å²) in [5.74, 6) is -4.22. The van der Waals surface area contributed by atoms with E-state index in [1.807, 2.05) is 0 Å². The van der Waals surface area contributed by atoms with Crippen molar-refractivity contribution in [3.8, 4) is 11.1 Å². The van der Waals surface area contributed by atoms with E-state index >= 15 is 0 Å². The van der Waals surface area contributed by atoms with E-state index in [1.165, 1.54) is 54.4 Å². The van der Waals surface area contributed by atoms with Gasteiger partial charge < -0.3 is 15.0 Å². The lowest BCUT2D eigenvalue weighted by atomic mass is 10.0. The summed E-state index contributed by atoms with van der Waals surface area (Å²) in [6.07, 6.45) is 2.07. The first-order valence-corrected chi connectivity index (χ1v) is 12.1. The van der Waals surface area contributed by atoms with Crippen LogP contribution in [0.25, 0.3) is 22.2 Å². The normalized spacial score (nSPS) is 16.2. The summed E-state index contributed by atoms with van der Waals surface area (Å²) >= 11 is 0. The molecule has 2 N–H and O–H groups in total. The number of rotatable bonds is 7. The smallest absolute Gasteiger partial charge is 0.337 e. The first kappa shape index (κ1) is 27.7. The number of hydrogen-bond donors (Lipinski definition) is 1. The van der Waals surface area contributed by atoms with E-state index in [4.69, 9.17) is 10.5 Å². The summed E-state index contributed by atoms with van der Waals surface area (Å²) in [6, 6.07) is 8.75. The van der Waals surface area contributed by atoms with Gasteiger partial charge in [0.1, 0.15) is 5.83 Å². The molecular weight excluding hydrogens is 521 g/mol. The van der Waals surface area contributed by atoms with Gasteiger partial charge in [0.25, 0.3) is 5.92 Å². The van der Waals surface area contributed by atoms with Gasteiger partial charge in [0.15, 0.2) is 0 Å². The molecule has 1 saturated heterocycles. The van der Waals surface area contributed by atoms with Crippen LogP contribution in [0.3, 0.4) is 0 Å². The Morgan fingerprint density at radius 1 is 1.28 bits per heavy atom. The van der Waals surface area contributed by atoms with E-state index in [0.717, 1.165) is 4.31 Å². The molecule has 2 heterocycles. The Kier molecular flexibility index (Phi) is 8.13. The molecule has 0 saturated carbocycles. The summed E-state index contributed by atoms with van der Waals surface area (Å²) in [5, 5.41) is 0. The lowest BCUT2D eigenvalue weighted by molar-refractivity contribution is 0.0183. The van der Waals surface area contributed by atoms with Gasteiger partial charge in [0, 0.05) is 25.1 Å². The monoisotopic (exact) mass is 544 g/mol. The molecule has 1 fully saturated rings. The number of fused-ring (bicyclic) bond motifs is 1. The van der Waals surface area contributed by atoms with Crippen LogP contribution in [0.2, 0.25) is 0 Å². The molecule has 0 amide bonds. The van der Waals surface area contributed by atoms with Crippen molar-refractivity contribution in [2.45, 2.75) is 23.8 Å². The maximum Gasteiger partial charge on any atom is 0.337 e. The van der Waals surface area contributed by atoms with E-state index in [2.05, 4.69) is 4.98 Å². The van der Waals surface area contributed by atoms with E-state index in [1.54, 1.807) is 6.07 Å². The Hall–Kier alpha value is -2.93. The Bertz CT molecular complexity index is 1430. The maximum atomic E-state index is 14.1. The van der Waals surface area contributed by atoms with E-state index in [-0.39, 0.29) is 42.5 Å². The van der Waals surface area contributed by atoms with Crippen LogP contribution in [-0.2, 0) is 21.3 Å². The summed E-state index contributed by atoms with van der Waals surface area (Å²) in [7, 11) is -2.96. The average Bonchev–Trinajstić information content (AvgIpc) is 3.41. The number of benzene rings is 2. The lowest BCUT2D eigenvalue weighted by Gasteiger charge is -2.17. The number of allylic oxidation sites excluding steroid dienone is 1. The van der Waals surface area contributed by atoms with Gasteiger partial charge in [-0.15, -0.1) is 12.4 Å². The molecule has 1 aromatic heterocycles. The van der Waals surface area contributed by atoms with Gasteiger partial charge in [-0.1, -0.05) is 12.1 Å². The molecule has 8 nitrogen and oxygen atoms in total. The summed E-state index contributed by atoms with van der Waals surface area (Å²) < 4.78 is 74.6. The van der Waals surface area contributed by atoms with Crippen molar-refractivity contribution in [2.75, 3.05) is 26.7 Å². The molecule has 2 aromatic carbocycles. The molecule has 1 aliphatic rings. The molecule has 0 atom stereocenters. The Labute approximate surface area is 212 Å². The minimum Gasteiger partial charge on any atom is -0.465 e. The molecule has 1 aliphatic heterocycles. The third kappa shape index (κ3) is 5.41. The highest BCUT2D eigenvalue weighted by atomic mass is 35.5. The van der Waals surface area contributed by atoms with Crippen molar-refractivity contribution in [1.29, 1.82) is 0 Å². The highest BCUT2D eigenvalue weighted by Gasteiger charge is 2.43. The number of halogens is 4. The summed E-state index contributed by atoms with van der Waals surface area (Å²) in [5.41, 5.74) is 7.10. The molecule has 0 unspecified atom stereocenters. The minimum atomic E-state index is -4.17. The van der Waals surface area contributed by atoms with Gasteiger partial charge in [-0.3, -0.25) is 0 Å². The predicted molar refractivity (Wildman–Crippen MR) is 130 cm³/mol. The van der Waals surface area contributed by atoms with E-state index in [0.29, 0.717) is 22.2 Å². The van der Waals surface area contributed by atoms with Gasteiger partial charge in [0.2, 0.25) is 10.0 Å². The largest absolute Gasteiger partial charge is 0.465 e. The summed E-state index contributed by atoms with van der Waals surface area (Å²) in [4.78, 5) is 16.5. The Morgan fingerprint density at radius 3 is 2.67 bits per heavy atom. The zero-order valence-corrected chi connectivity index (χ0v) is 20.8. The van der Waals surface area contributed by atoms with Crippen LogP contribution in [0.5, 0.6) is 0 Å². The number of nitrogens with two attached hydrogens (primary N) is 1. The minimum absolute atomic E-state index is 0. The number of aromatic nitrogens is 2. The van der Waals surface area contributed by atoms with Crippen LogP contribution >= 0.6 is 12.4 Å². The zero-order valence-electron chi connectivity index (χ0n) is 19.2. The standard InChI is InChI=1S/C23H23F3N4O4S.ClH/c1-34-22(31)16-10-19(21-20(11-16)29(14-28-21)12-17(24)5-7-27)15-3-2-4-18(9-15)35(32,33)30-8-6-23(25,26)13-30;/h2-5,9-11,14H,6-8,12-13,27H2,1H3;1H/b17-5-;. The molecule has 3 aromatic rings. The quantitative estimate of drug-likeness (QED) is 0.454. The Morgan fingerprint density at radius 2 is 2.03 bits per heavy atom. The van der Waals surface area contributed by atoms with Gasteiger partial charge in [-0.25, -0.2) is 31.4 Å². The van der Waals surface area contributed by atoms with Crippen molar-refractivity contribution in [3.63, 3.8) is 0 Å². The number of carbonyl (C=O) groups excluding carboxylic acids is 1. The molecular formula is C23H24ClF3N4O4S. The highest BCUT2D eigenvalue weighted by molar-refractivity contribution is 7.89. The van der Waals surface area contributed by atoms with Crippen molar-refractivity contribution in [1.82, 2.24) is 13.9 Å². The topological polar surface area (TPSA) is 108 Å². The molecule has 0 aliphatic carbocycles. The van der Waals surface area contributed by atoms with Crippen molar-refractivity contribution in [3.05, 3.63) is 60.2 Å². The molecule has 13 heteroatoms. The fourth-order valence-corrected chi connectivity index (χ4v) is 5.50. The lowest BCUT2D eigenvalue weighted by Crippen LogP contribution is -2.31. The van der Waals surface area contributed by atoms with Gasteiger partial charge in [-0.2, -0.15) is 4.31 Å². The van der Waals surface area contributed by atoms with Crippen LogP contribution in [0.1, 0.15) is 16.8 Å². The molecule has 0 bridgehead atoms. The first-order valence-electron chi connectivity index (χ1n) is 10.7. The SMILES string of the molecule is COC(=O)c1cc(-c2cccc(S(=O)(=O)N3CCC(F)(F)C3)c2)c2ncn(C/C(F)=C/CN)c2c1.Cl. The molecule has 36 heavy (non-hydrogen) atoms. The van der Waals surface area contributed by atoms with Crippen molar-refractivity contribution >= 4 is 39.4 Å². The van der Waals surface area contributed by atoms with Crippen LogP contribution in [0.4, 0.5) is 13.2 Å². The average molecular weight is 545 g/mol. The number of methoxy groups -OCH3 is 1. The third-order valence-electron chi connectivity index (χ3n) is 5.72. The fraction of sp³-hybridized carbons (Fsp3) is 0.304. The number of sulfonamides is 1. The second-order valence-electron chi connectivity index (χ2n) is 8.11. The van der Waals surface area contributed by atoms with Crippen molar-refractivity contribution in [2.24, 2.45) is 5.73 Å². The molecule has 0 spiro atoms. The van der Waals surface area contributed by atoms with Gasteiger partial charge >= 0.3 is 5.97 Å². The number of esters is 1. The van der Waals surface area contributed by atoms with Crippen molar-refractivity contribution < 1.29 is 31.1 Å². The van der Waals surface area contributed by atoms with E-state index < -0.39 is 40.7 Å². The van der Waals surface area contributed by atoms with Crippen LogP contribution < -0.4 is 5.73 Å².